The van der Waals surface area contributed by atoms with Crippen LogP contribution in [0.1, 0.15) is 21.9 Å². The van der Waals surface area contributed by atoms with Gasteiger partial charge < -0.3 is 9.32 Å². The first-order chi connectivity index (χ1) is 8.56. The average molecular weight is 247 g/mol. The van der Waals surface area contributed by atoms with E-state index in [-0.39, 0.29) is 11.7 Å². The summed E-state index contributed by atoms with van der Waals surface area (Å²) in [7, 11) is 1.68. The van der Waals surface area contributed by atoms with Gasteiger partial charge in [-0.25, -0.2) is 4.39 Å². The summed E-state index contributed by atoms with van der Waals surface area (Å²) in [5, 5.41) is 0. The van der Waals surface area contributed by atoms with Gasteiger partial charge in [0.05, 0.1) is 0 Å². The number of benzene rings is 1. The van der Waals surface area contributed by atoms with Gasteiger partial charge in [0.2, 0.25) is 0 Å². The van der Waals surface area contributed by atoms with Gasteiger partial charge in [-0.1, -0.05) is 12.1 Å². The Balaban J connectivity index is 2.05. The molecule has 0 aliphatic rings. The van der Waals surface area contributed by atoms with E-state index in [4.69, 9.17) is 4.42 Å². The molecule has 0 bridgehead atoms. The van der Waals surface area contributed by atoms with Crippen LogP contribution in [0.5, 0.6) is 0 Å². The lowest BCUT2D eigenvalue weighted by atomic mass is 10.2. The fraction of sp³-hybridized carbons (Fsp3) is 0.214. The van der Waals surface area contributed by atoms with E-state index in [1.165, 1.54) is 17.0 Å². The van der Waals surface area contributed by atoms with Crippen LogP contribution in [-0.2, 0) is 6.54 Å². The van der Waals surface area contributed by atoms with Gasteiger partial charge in [-0.05, 0) is 36.8 Å². The number of aryl methyl sites for hydroxylation is 1. The zero-order valence-electron chi connectivity index (χ0n) is 10.3. The van der Waals surface area contributed by atoms with Crippen molar-refractivity contribution in [3.63, 3.8) is 0 Å². The number of hydrogen-bond donors (Lipinski definition) is 0. The normalized spacial score (nSPS) is 10.4. The number of rotatable bonds is 3. The zero-order valence-corrected chi connectivity index (χ0v) is 10.3. The number of nitrogens with zero attached hydrogens (tertiary/aromatic N) is 1. The Labute approximate surface area is 105 Å². The van der Waals surface area contributed by atoms with E-state index >= 15 is 0 Å². The van der Waals surface area contributed by atoms with Gasteiger partial charge in [0.1, 0.15) is 11.6 Å². The number of halogens is 1. The topological polar surface area (TPSA) is 33.5 Å². The van der Waals surface area contributed by atoms with Crippen LogP contribution in [0.15, 0.2) is 40.8 Å². The van der Waals surface area contributed by atoms with Crippen LogP contribution in [-0.4, -0.2) is 17.9 Å². The van der Waals surface area contributed by atoms with E-state index < -0.39 is 0 Å². The summed E-state index contributed by atoms with van der Waals surface area (Å²) in [6.07, 6.45) is 0. The summed E-state index contributed by atoms with van der Waals surface area (Å²) in [6.45, 7) is 2.20. The highest BCUT2D eigenvalue weighted by Gasteiger charge is 2.15. The molecular weight excluding hydrogens is 233 g/mol. The molecule has 94 valence electrons. The highest BCUT2D eigenvalue weighted by molar-refractivity contribution is 5.91. The quantitative estimate of drug-likeness (QED) is 0.835. The zero-order chi connectivity index (χ0) is 13.1. The van der Waals surface area contributed by atoms with Gasteiger partial charge >= 0.3 is 0 Å². The molecule has 0 aliphatic heterocycles. The Morgan fingerprint density at radius 2 is 1.89 bits per heavy atom. The first kappa shape index (κ1) is 12.4. The average Bonchev–Trinajstić information content (AvgIpc) is 2.78. The molecule has 4 heteroatoms. The summed E-state index contributed by atoms with van der Waals surface area (Å²) >= 11 is 0. The number of carbonyl (C=O) groups is 1. The Bertz CT molecular complexity index is 545. The molecule has 0 spiro atoms. The van der Waals surface area contributed by atoms with Crippen molar-refractivity contribution in [1.82, 2.24) is 4.90 Å². The molecule has 2 rings (SSSR count). The van der Waals surface area contributed by atoms with Crippen LogP contribution >= 0.6 is 0 Å². The first-order valence-electron chi connectivity index (χ1n) is 5.62. The molecule has 0 atom stereocenters. The van der Waals surface area contributed by atoms with Gasteiger partial charge in [0.25, 0.3) is 5.91 Å². The van der Waals surface area contributed by atoms with Crippen molar-refractivity contribution in [3.05, 3.63) is 59.3 Å². The predicted molar refractivity (Wildman–Crippen MR) is 65.6 cm³/mol. The van der Waals surface area contributed by atoms with Crippen LogP contribution in [0.4, 0.5) is 4.39 Å². The van der Waals surface area contributed by atoms with Gasteiger partial charge in [-0.15, -0.1) is 0 Å². The second-order valence-electron chi connectivity index (χ2n) is 4.20. The molecule has 1 aromatic carbocycles. The molecule has 0 N–H and O–H groups in total. The summed E-state index contributed by atoms with van der Waals surface area (Å²) in [5.74, 6) is 0.549. The van der Waals surface area contributed by atoms with Crippen molar-refractivity contribution in [1.29, 1.82) is 0 Å². The Morgan fingerprint density at radius 1 is 1.22 bits per heavy atom. The van der Waals surface area contributed by atoms with E-state index in [1.807, 2.05) is 0 Å². The van der Waals surface area contributed by atoms with Crippen LogP contribution < -0.4 is 0 Å². The number of carbonyl (C=O) groups excluding carboxylic acids is 1. The molecule has 0 saturated carbocycles. The van der Waals surface area contributed by atoms with Crippen LogP contribution in [0.25, 0.3) is 0 Å². The molecular formula is C14H14FNO2. The molecule has 2 aromatic rings. The minimum Gasteiger partial charge on any atom is -0.456 e. The lowest BCUT2D eigenvalue weighted by Crippen LogP contribution is -2.25. The summed E-state index contributed by atoms with van der Waals surface area (Å²) < 4.78 is 18.0. The third kappa shape index (κ3) is 2.77. The maximum absolute atomic E-state index is 12.8. The van der Waals surface area contributed by atoms with Crippen molar-refractivity contribution in [2.75, 3.05) is 7.05 Å². The van der Waals surface area contributed by atoms with Crippen molar-refractivity contribution >= 4 is 5.91 Å². The van der Waals surface area contributed by atoms with Crippen molar-refractivity contribution in [2.45, 2.75) is 13.5 Å². The van der Waals surface area contributed by atoms with Crippen LogP contribution in [0.2, 0.25) is 0 Å². The number of hydrogen-bond acceptors (Lipinski definition) is 2. The summed E-state index contributed by atoms with van der Waals surface area (Å²) in [5.41, 5.74) is 0.871. The van der Waals surface area contributed by atoms with Gasteiger partial charge in [-0.3, -0.25) is 4.79 Å². The number of amides is 1. The van der Waals surface area contributed by atoms with E-state index in [2.05, 4.69) is 0 Å². The van der Waals surface area contributed by atoms with Crippen molar-refractivity contribution in [2.24, 2.45) is 0 Å². The van der Waals surface area contributed by atoms with E-state index in [9.17, 15) is 9.18 Å². The molecule has 0 radical (unpaired) electrons. The molecule has 1 amide bonds. The molecule has 0 unspecified atom stereocenters. The Kier molecular flexibility index (Phi) is 3.46. The Hall–Kier alpha value is -2.10. The molecule has 18 heavy (non-hydrogen) atoms. The Morgan fingerprint density at radius 3 is 2.44 bits per heavy atom. The molecule has 0 saturated heterocycles. The molecule has 3 nitrogen and oxygen atoms in total. The van der Waals surface area contributed by atoms with Crippen molar-refractivity contribution in [3.8, 4) is 0 Å². The fourth-order valence-corrected chi connectivity index (χ4v) is 1.67. The SMILES string of the molecule is Cc1ccc(C(=O)N(C)Cc2ccc(F)cc2)o1. The third-order valence-electron chi connectivity index (χ3n) is 2.63. The first-order valence-corrected chi connectivity index (χ1v) is 5.62. The van der Waals surface area contributed by atoms with E-state index in [0.717, 1.165) is 5.56 Å². The standard InChI is InChI=1S/C14H14FNO2/c1-10-3-8-13(18-10)14(17)16(2)9-11-4-6-12(15)7-5-11/h3-8H,9H2,1-2H3. The third-order valence-corrected chi connectivity index (χ3v) is 2.63. The molecule has 0 fully saturated rings. The van der Waals surface area contributed by atoms with Crippen molar-refractivity contribution < 1.29 is 13.6 Å². The maximum atomic E-state index is 12.8. The predicted octanol–water partition coefficient (Wildman–Crippen LogP) is 3.00. The fourth-order valence-electron chi connectivity index (χ4n) is 1.67. The largest absolute Gasteiger partial charge is 0.456 e. The highest BCUT2D eigenvalue weighted by atomic mass is 19.1. The van der Waals surface area contributed by atoms with Crippen LogP contribution in [0, 0.1) is 12.7 Å². The second-order valence-corrected chi connectivity index (χ2v) is 4.20. The minimum atomic E-state index is -0.283. The monoisotopic (exact) mass is 247 g/mol. The van der Waals surface area contributed by atoms with Gasteiger partial charge in [-0.2, -0.15) is 0 Å². The van der Waals surface area contributed by atoms with E-state index in [0.29, 0.717) is 18.1 Å². The summed E-state index contributed by atoms with van der Waals surface area (Å²) in [6, 6.07) is 9.48. The van der Waals surface area contributed by atoms with Crippen LogP contribution in [0.3, 0.4) is 0 Å². The molecule has 0 aliphatic carbocycles. The highest BCUT2D eigenvalue weighted by Crippen LogP contribution is 2.11. The van der Waals surface area contributed by atoms with Gasteiger partial charge in [0, 0.05) is 13.6 Å². The smallest absolute Gasteiger partial charge is 0.289 e. The summed E-state index contributed by atoms with van der Waals surface area (Å²) in [4.78, 5) is 13.5. The maximum Gasteiger partial charge on any atom is 0.289 e. The molecule has 1 heterocycles. The minimum absolute atomic E-state index is 0.188. The second kappa shape index (κ2) is 5.04. The lowest BCUT2D eigenvalue weighted by molar-refractivity contribution is 0.0752. The number of furan rings is 1. The lowest BCUT2D eigenvalue weighted by Gasteiger charge is -2.15. The van der Waals surface area contributed by atoms with E-state index in [1.54, 1.807) is 38.2 Å². The van der Waals surface area contributed by atoms with Gasteiger partial charge in [0.15, 0.2) is 5.76 Å². The molecule has 1 aromatic heterocycles.